The molecule has 1 saturated heterocycles. The molecule has 0 amide bonds. The number of hydrogen-bond donors (Lipinski definition) is 1. The average molecular weight is 232 g/mol. The molecule has 0 radical (unpaired) electrons. The molecule has 92 valence electrons. The molecule has 1 saturated carbocycles. The molecular weight excluding hydrogens is 212 g/mol. The summed E-state index contributed by atoms with van der Waals surface area (Å²) >= 11 is 0. The fraction of sp³-hybridized carbons (Fsp3) is 0.571. The van der Waals surface area contributed by atoms with Gasteiger partial charge in [0.05, 0.1) is 13.2 Å². The van der Waals surface area contributed by atoms with E-state index in [1.54, 1.807) is 0 Å². The third-order valence-corrected chi connectivity index (χ3v) is 3.83. The highest BCUT2D eigenvalue weighted by Gasteiger charge is 2.42. The molecule has 2 aliphatic rings. The molecule has 0 atom stereocenters. The number of ether oxygens (including phenoxy) is 1. The van der Waals surface area contributed by atoms with Gasteiger partial charge in [-0.05, 0) is 31.4 Å². The maximum Gasteiger partial charge on any atom is 0.0642 e. The van der Waals surface area contributed by atoms with Crippen LogP contribution in [-0.4, -0.2) is 26.3 Å². The highest BCUT2D eigenvalue weighted by molar-refractivity contribution is 5.59. The molecule has 1 aliphatic carbocycles. The summed E-state index contributed by atoms with van der Waals surface area (Å²) < 4.78 is 5.41. The summed E-state index contributed by atoms with van der Waals surface area (Å²) in [4.78, 5) is 2.41. The summed E-state index contributed by atoms with van der Waals surface area (Å²) in [7, 11) is 0. The second-order valence-electron chi connectivity index (χ2n) is 5.28. The van der Waals surface area contributed by atoms with E-state index in [-0.39, 0.29) is 5.54 Å². The molecule has 1 aromatic rings. The first-order chi connectivity index (χ1) is 8.19. The van der Waals surface area contributed by atoms with Crippen LogP contribution in [0.1, 0.15) is 24.0 Å². The van der Waals surface area contributed by atoms with Crippen LogP contribution in [0.5, 0.6) is 0 Å². The summed E-state index contributed by atoms with van der Waals surface area (Å²) in [6.07, 6.45) is 2.24. The monoisotopic (exact) mass is 232 g/mol. The van der Waals surface area contributed by atoms with Crippen LogP contribution in [0.4, 0.5) is 5.69 Å². The molecule has 3 nitrogen and oxygen atoms in total. The molecule has 0 aromatic heterocycles. The number of morpholine rings is 1. The second kappa shape index (κ2) is 4.00. The van der Waals surface area contributed by atoms with Crippen molar-refractivity contribution in [2.24, 2.45) is 5.73 Å². The van der Waals surface area contributed by atoms with Crippen LogP contribution in [0, 0.1) is 6.92 Å². The van der Waals surface area contributed by atoms with Gasteiger partial charge in [0.2, 0.25) is 0 Å². The topological polar surface area (TPSA) is 38.5 Å². The van der Waals surface area contributed by atoms with E-state index < -0.39 is 0 Å². The SMILES string of the molecule is Cc1ccc(N2CCOCC2)c(C2(N)CC2)c1. The summed E-state index contributed by atoms with van der Waals surface area (Å²) in [6, 6.07) is 6.67. The fourth-order valence-corrected chi connectivity index (χ4v) is 2.53. The maximum absolute atomic E-state index is 6.39. The van der Waals surface area contributed by atoms with Crippen LogP contribution in [0.3, 0.4) is 0 Å². The first-order valence-electron chi connectivity index (χ1n) is 6.42. The van der Waals surface area contributed by atoms with Crippen molar-refractivity contribution in [3.8, 4) is 0 Å². The van der Waals surface area contributed by atoms with E-state index in [1.807, 2.05) is 0 Å². The lowest BCUT2D eigenvalue weighted by atomic mass is 9.99. The van der Waals surface area contributed by atoms with E-state index in [2.05, 4.69) is 30.0 Å². The molecule has 2 fully saturated rings. The lowest BCUT2D eigenvalue weighted by Gasteiger charge is -2.32. The van der Waals surface area contributed by atoms with Crippen molar-refractivity contribution in [1.82, 2.24) is 0 Å². The number of rotatable bonds is 2. The maximum atomic E-state index is 6.39. The van der Waals surface area contributed by atoms with Crippen LogP contribution in [0.15, 0.2) is 18.2 Å². The zero-order valence-corrected chi connectivity index (χ0v) is 10.4. The highest BCUT2D eigenvalue weighted by Crippen LogP contribution is 2.46. The van der Waals surface area contributed by atoms with Gasteiger partial charge in [0.1, 0.15) is 0 Å². The van der Waals surface area contributed by atoms with Gasteiger partial charge >= 0.3 is 0 Å². The van der Waals surface area contributed by atoms with Gasteiger partial charge in [0, 0.05) is 24.3 Å². The molecule has 0 unspecified atom stereocenters. The molecule has 17 heavy (non-hydrogen) atoms. The third-order valence-electron chi connectivity index (χ3n) is 3.83. The van der Waals surface area contributed by atoms with Gasteiger partial charge in [0.25, 0.3) is 0 Å². The Hall–Kier alpha value is -1.06. The van der Waals surface area contributed by atoms with Gasteiger partial charge in [-0.1, -0.05) is 17.7 Å². The van der Waals surface area contributed by atoms with Gasteiger partial charge in [-0.3, -0.25) is 0 Å². The van der Waals surface area contributed by atoms with Gasteiger partial charge in [-0.25, -0.2) is 0 Å². The molecule has 0 bridgehead atoms. The van der Waals surface area contributed by atoms with Crippen LogP contribution in [0.2, 0.25) is 0 Å². The van der Waals surface area contributed by atoms with E-state index in [9.17, 15) is 0 Å². The van der Waals surface area contributed by atoms with Crippen LogP contribution >= 0.6 is 0 Å². The first kappa shape index (κ1) is 11.1. The predicted octanol–water partition coefficient (Wildman–Crippen LogP) is 1.78. The predicted molar refractivity (Wildman–Crippen MR) is 69.3 cm³/mol. The van der Waals surface area contributed by atoms with Crippen LogP contribution < -0.4 is 10.6 Å². The van der Waals surface area contributed by atoms with E-state index in [1.165, 1.54) is 16.8 Å². The third kappa shape index (κ3) is 2.05. The molecule has 1 aromatic carbocycles. The molecule has 3 heteroatoms. The van der Waals surface area contributed by atoms with Gasteiger partial charge in [-0.15, -0.1) is 0 Å². The van der Waals surface area contributed by atoms with Crippen molar-refractivity contribution >= 4 is 5.69 Å². The summed E-state index contributed by atoms with van der Waals surface area (Å²) in [5, 5.41) is 0. The number of anilines is 1. The number of benzene rings is 1. The van der Waals surface area contributed by atoms with E-state index in [0.717, 1.165) is 39.1 Å². The van der Waals surface area contributed by atoms with Crippen molar-refractivity contribution in [2.75, 3.05) is 31.2 Å². The minimum Gasteiger partial charge on any atom is -0.378 e. The number of nitrogens with zero attached hydrogens (tertiary/aromatic N) is 1. The zero-order chi connectivity index (χ0) is 11.9. The van der Waals surface area contributed by atoms with E-state index >= 15 is 0 Å². The Morgan fingerprint density at radius 1 is 1.24 bits per heavy atom. The smallest absolute Gasteiger partial charge is 0.0642 e. The zero-order valence-electron chi connectivity index (χ0n) is 10.4. The fourth-order valence-electron chi connectivity index (χ4n) is 2.53. The van der Waals surface area contributed by atoms with Crippen molar-refractivity contribution in [3.05, 3.63) is 29.3 Å². The highest BCUT2D eigenvalue weighted by atomic mass is 16.5. The van der Waals surface area contributed by atoms with Crippen molar-refractivity contribution in [2.45, 2.75) is 25.3 Å². The normalized spacial score (nSPS) is 22.6. The number of hydrogen-bond acceptors (Lipinski definition) is 3. The molecule has 1 aliphatic heterocycles. The lowest BCUT2D eigenvalue weighted by Crippen LogP contribution is -2.38. The summed E-state index contributed by atoms with van der Waals surface area (Å²) in [5.41, 5.74) is 10.3. The standard InChI is InChI=1S/C14H20N2O/c1-11-2-3-13(16-6-8-17-9-7-16)12(10-11)14(15)4-5-14/h2-3,10H,4-9,15H2,1H3. The average Bonchev–Trinajstić information content (AvgIpc) is 3.10. The van der Waals surface area contributed by atoms with E-state index in [4.69, 9.17) is 10.5 Å². The Bertz CT molecular complexity index is 420. The Labute approximate surface area is 103 Å². The van der Waals surface area contributed by atoms with Crippen LogP contribution in [-0.2, 0) is 10.3 Å². The van der Waals surface area contributed by atoms with Gasteiger partial charge in [-0.2, -0.15) is 0 Å². The summed E-state index contributed by atoms with van der Waals surface area (Å²) in [6.45, 7) is 5.74. The van der Waals surface area contributed by atoms with E-state index in [0.29, 0.717) is 0 Å². The first-order valence-corrected chi connectivity index (χ1v) is 6.42. The second-order valence-corrected chi connectivity index (χ2v) is 5.28. The van der Waals surface area contributed by atoms with Crippen LogP contribution in [0.25, 0.3) is 0 Å². The molecule has 3 rings (SSSR count). The molecular formula is C14H20N2O. The largest absolute Gasteiger partial charge is 0.378 e. The van der Waals surface area contributed by atoms with Crippen molar-refractivity contribution in [3.63, 3.8) is 0 Å². The molecule has 1 heterocycles. The quantitative estimate of drug-likeness (QED) is 0.844. The minimum atomic E-state index is -0.0559. The molecule has 0 spiro atoms. The Kier molecular flexibility index (Phi) is 2.60. The Morgan fingerprint density at radius 3 is 2.59 bits per heavy atom. The lowest BCUT2D eigenvalue weighted by molar-refractivity contribution is 0.122. The van der Waals surface area contributed by atoms with Crippen molar-refractivity contribution < 1.29 is 4.74 Å². The van der Waals surface area contributed by atoms with Crippen molar-refractivity contribution in [1.29, 1.82) is 0 Å². The van der Waals surface area contributed by atoms with Gasteiger partial charge < -0.3 is 15.4 Å². The molecule has 2 N–H and O–H groups in total. The Morgan fingerprint density at radius 2 is 1.94 bits per heavy atom. The Balaban J connectivity index is 1.97. The number of nitrogens with two attached hydrogens (primary N) is 1. The minimum absolute atomic E-state index is 0.0559. The summed E-state index contributed by atoms with van der Waals surface area (Å²) in [5.74, 6) is 0. The number of aryl methyl sites for hydroxylation is 1. The van der Waals surface area contributed by atoms with Gasteiger partial charge in [0.15, 0.2) is 0 Å².